The van der Waals surface area contributed by atoms with Gasteiger partial charge in [-0.05, 0) is 42.7 Å². The molecule has 39 heavy (non-hydrogen) atoms. The smallest absolute Gasteiger partial charge is 0.276 e. The van der Waals surface area contributed by atoms with E-state index in [-0.39, 0.29) is 22.4 Å². The Labute approximate surface area is 234 Å². The fourth-order valence-electron chi connectivity index (χ4n) is 4.59. The highest BCUT2D eigenvalue weighted by atomic mass is 35.5. The molecule has 0 aliphatic carbocycles. The number of pyridine rings is 1. The summed E-state index contributed by atoms with van der Waals surface area (Å²) in [5.74, 6) is 4.64. The van der Waals surface area contributed by atoms with E-state index >= 15 is 0 Å². The fourth-order valence-corrected chi connectivity index (χ4v) is 5.38. The van der Waals surface area contributed by atoms with Crippen LogP contribution in [0, 0.1) is 23.6 Å². The summed E-state index contributed by atoms with van der Waals surface area (Å²) in [5, 5.41) is 8.82. The summed E-state index contributed by atoms with van der Waals surface area (Å²) in [6, 6.07) is 4.99. The van der Waals surface area contributed by atoms with Crippen molar-refractivity contribution in [2.24, 2.45) is 5.92 Å². The van der Waals surface area contributed by atoms with Gasteiger partial charge in [0, 0.05) is 31.4 Å². The number of likely N-dealkylation sites (tertiary alicyclic amines) is 1. The molecule has 0 spiro atoms. The van der Waals surface area contributed by atoms with Crippen LogP contribution in [-0.2, 0) is 20.8 Å². The first-order valence-electron chi connectivity index (χ1n) is 12.7. The van der Waals surface area contributed by atoms with Crippen molar-refractivity contribution in [3.05, 3.63) is 62.9 Å². The van der Waals surface area contributed by atoms with Gasteiger partial charge in [0.05, 0.1) is 35.9 Å². The molecule has 2 saturated heterocycles. The number of ether oxygens (including phenoxy) is 2. The number of rotatable bonds is 6. The van der Waals surface area contributed by atoms with E-state index in [4.69, 9.17) is 21.1 Å². The van der Waals surface area contributed by atoms with Crippen molar-refractivity contribution in [3.63, 3.8) is 0 Å². The summed E-state index contributed by atoms with van der Waals surface area (Å²) in [7, 11) is 0. The summed E-state index contributed by atoms with van der Waals surface area (Å²) in [5.41, 5.74) is 0.538. The minimum Gasteiger partial charge on any atom is -0.376 e. The number of nitrogens with zero attached hydrogens (tertiary/aromatic N) is 4. The number of thiophene rings is 1. The molecule has 2 aliphatic heterocycles. The van der Waals surface area contributed by atoms with Crippen molar-refractivity contribution in [2.75, 3.05) is 38.2 Å². The molecular formula is C27H27ClFN5O4S. The lowest BCUT2D eigenvalue weighted by Crippen LogP contribution is -2.48. The van der Waals surface area contributed by atoms with Crippen LogP contribution in [0.4, 0.5) is 10.2 Å². The molecule has 0 radical (unpaired) electrons. The van der Waals surface area contributed by atoms with Crippen LogP contribution < -0.4 is 5.32 Å². The van der Waals surface area contributed by atoms with Crippen LogP contribution in [0.25, 0.3) is 0 Å². The van der Waals surface area contributed by atoms with Gasteiger partial charge in [-0.25, -0.2) is 9.37 Å². The Morgan fingerprint density at radius 3 is 2.79 bits per heavy atom. The van der Waals surface area contributed by atoms with Gasteiger partial charge in [-0.3, -0.25) is 14.3 Å². The SMILES string of the molecule is O=C(Nc1ncc(C#Cc2cccs2)cc1F)c1c(Cl)cnn1CCC1CCN(C(=O)C2COCCO2)CC1. The summed E-state index contributed by atoms with van der Waals surface area (Å²) in [6.45, 7) is 3.02. The number of nitrogens with one attached hydrogen (secondary N) is 1. The Balaban J connectivity index is 1.15. The topological polar surface area (TPSA) is 98.6 Å². The minimum atomic E-state index is -0.699. The van der Waals surface area contributed by atoms with Crippen molar-refractivity contribution >= 4 is 40.6 Å². The van der Waals surface area contributed by atoms with Crippen molar-refractivity contribution < 1.29 is 23.5 Å². The maximum absolute atomic E-state index is 14.7. The average molecular weight is 572 g/mol. The summed E-state index contributed by atoms with van der Waals surface area (Å²) in [6.07, 6.45) is 4.73. The van der Waals surface area contributed by atoms with Crippen LogP contribution in [0.15, 0.2) is 36.0 Å². The fraction of sp³-hybridized carbons (Fsp3) is 0.407. The molecule has 3 aromatic heterocycles. The molecule has 1 unspecified atom stereocenters. The Bertz CT molecular complexity index is 1370. The van der Waals surface area contributed by atoms with E-state index in [2.05, 4.69) is 27.2 Å². The first-order chi connectivity index (χ1) is 19.0. The summed E-state index contributed by atoms with van der Waals surface area (Å²) < 4.78 is 27.1. The van der Waals surface area contributed by atoms with Gasteiger partial charge in [0.2, 0.25) is 0 Å². The molecule has 204 valence electrons. The van der Waals surface area contributed by atoms with Crippen LogP contribution in [-0.4, -0.2) is 70.5 Å². The lowest BCUT2D eigenvalue weighted by Gasteiger charge is -2.35. The zero-order chi connectivity index (χ0) is 27.2. The van der Waals surface area contributed by atoms with Gasteiger partial charge in [0.25, 0.3) is 11.8 Å². The molecule has 0 bridgehead atoms. The predicted octanol–water partition coefficient (Wildman–Crippen LogP) is 3.83. The van der Waals surface area contributed by atoms with Gasteiger partial charge in [0.15, 0.2) is 17.7 Å². The van der Waals surface area contributed by atoms with Crippen molar-refractivity contribution in [2.45, 2.75) is 31.9 Å². The summed E-state index contributed by atoms with van der Waals surface area (Å²) in [4.78, 5) is 32.4. The first kappa shape index (κ1) is 27.3. The molecule has 1 N–H and O–H groups in total. The van der Waals surface area contributed by atoms with E-state index in [0.717, 1.165) is 24.1 Å². The second kappa shape index (κ2) is 12.7. The number of amides is 2. The van der Waals surface area contributed by atoms with Crippen LogP contribution in [0.1, 0.15) is 40.2 Å². The van der Waals surface area contributed by atoms with E-state index < -0.39 is 17.8 Å². The van der Waals surface area contributed by atoms with E-state index in [1.807, 2.05) is 22.4 Å². The quantitative estimate of drug-likeness (QED) is 0.452. The van der Waals surface area contributed by atoms with Gasteiger partial charge >= 0.3 is 0 Å². The highest BCUT2D eigenvalue weighted by molar-refractivity contribution is 7.10. The Morgan fingerprint density at radius 1 is 1.23 bits per heavy atom. The second-order valence-corrected chi connectivity index (χ2v) is 10.6. The monoisotopic (exact) mass is 571 g/mol. The van der Waals surface area contributed by atoms with Crippen LogP contribution in [0.5, 0.6) is 0 Å². The molecule has 9 nitrogen and oxygen atoms in total. The molecular weight excluding hydrogens is 545 g/mol. The molecule has 2 aliphatic rings. The third-order valence-corrected chi connectivity index (χ3v) is 7.76. The van der Waals surface area contributed by atoms with Crippen LogP contribution >= 0.6 is 22.9 Å². The van der Waals surface area contributed by atoms with Gasteiger partial charge in [-0.15, -0.1) is 11.3 Å². The predicted molar refractivity (Wildman–Crippen MR) is 144 cm³/mol. The molecule has 5 rings (SSSR count). The molecule has 0 aromatic carbocycles. The van der Waals surface area contributed by atoms with E-state index in [1.54, 1.807) is 0 Å². The average Bonchev–Trinajstić information content (AvgIpc) is 3.62. The van der Waals surface area contributed by atoms with E-state index in [1.165, 1.54) is 34.5 Å². The Morgan fingerprint density at radius 2 is 2.08 bits per heavy atom. The molecule has 1 atom stereocenters. The van der Waals surface area contributed by atoms with Gasteiger partial charge in [-0.2, -0.15) is 5.10 Å². The minimum absolute atomic E-state index is 0.0191. The maximum Gasteiger partial charge on any atom is 0.276 e. The number of anilines is 1. The van der Waals surface area contributed by atoms with Gasteiger partial charge < -0.3 is 19.7 Å². The van der Waals surface area contributed by atoms with E-state index in [0.29, 0.717) is 50.9 Å². The lowest BCUT2D eigenvalue weighted by molar-refractivity contribution is -0.159. The highest BCUT2D eigenvalue weighted by Gasteiger charge is 2.30. The largest absolute Gasteiger partial charge is 0.376 e. The number of carbonyl (C=O) groups excluding carboxylic acids is 2. The molecule has 0 saturated carbocycles. The number of aryl methyl sites for hydroxylation is 1. The first-order valence-corrected chi connectivity index (χ1v) is 14.0. The number of carbonyl (C=O) groups is 2. The van der Waals surface area contributed by atoms with Crippen LogP contribution in [0.3, 0.4) is 0 Å². The molecule has 12 heteroatoms. The maximum atomic E-state index is 14.7. The standard InChI is InChI=1S/C27H27ClFN5O4S/c28-21-16-31-34(10-7-18-5-8-33(9-6-18)27(36)23-17-37-11-12-38-23)24(21)26(35)32-25-22(29)14-19(15-30-25)3-4-20-2-1-13-39-20/h1-2,13-16,18,23H,5-12,17H2,(H,30,32,35). The number of piperidine rings is 1. The van der Waals surface area contributed by atoms with Crippen molar-refractivity contribution in [1.29, 1.82) is 0 Å². The second-order valence-electron chi connectivity index (χ2n) is 9.29. The molecule has 2 fully saturated rings. The molecule has 3 aromatic rings. The summed E-state index contributed by atoms with van der Waals surface area (Å²) >= 11 is 7.76. The zero-order valence-electron chi connectivity index (χ0n) is 21.1. The van der Waals surface area contributed by atoms with Crippen LogP contribution in [0.2, 0.25) is 5.02 Å². The highest BCUT2D eigenvalue weighted by Crippen LogP contribution is 2.24. The third-order valence-electron chi connectivity index (χ3n) is 6.70. The number of hydrogen-bond acceptors (Lipinski definition) is 7. The molecule has 2 amide bonds. The van der Waals surface area contributed by atoms with Crippen molar-refractivity contribution in [1.82, 2.24) is 19.7 Å². The Hall–Kier alpha value is -3.30. The number of halogens is 2. The zero-order valence-corrected chi connectivity index (χ0v) is 22.6. The van der Waals surface area contributed by atoms with Gasteiger partial charge in [0.1, 0.15) is 5.69 Å². The third kappa shape index (κ3) is 6.83. The molecule has 5 heterocycles. The normalized spacial score (nSPS) is 17.9. The van der Waals surface area contributed by atoms with Gasteiger partial charge in [-0.1, -0.05) is 29.5 Å². The van der Waals surface area contributed by atoms with Crippen molar-refractivity contribution in [3.8, 4) is 11.8 Å². The lowest BCUT2D eigenvalue weighted by atomic mass is 9.93. The number of aromatic nitrogens is 3. The van der Waals surface area contributed by atoms with E-state index in [9.17, 15) is 14.0 Å². The number of hydrogen-bond donors (Lipinski definition) is 1. The Kier molecular flexibility index (Phi) is 8.88.